The third-order valence-electron chi connectivity index (χ3n) is 4.00. The number of benzene rings is 1. The second-order valence-corrected chi connectivity index (χ2v) is 7.75. The number of amides is 1. The van der Waals surface area contributed by atoms with E-state index in [1.54, 1.807) is 19.2 Å². The van der Waals surface area contributed by atoms with Gasteiger partial charge in [-0.3, -0.25) is 4.79 Å². The zero-order valence-electron chi connectivity index (χ0n) is 12.7. The number of nitrogens with zero attached hydrogens (tertiary/aromatic N) is 1. The van der Waals surface area contributed by atoms with Gasteiger partial charge in [0, 0.05) is 24.7 Å². The van der Waals surface area contributed by atoms with Crippen LogP contribution in [0.5, 0.6) is 0 Å². The Kier molecular flexibility index (Phi) is 4.68. The maximum atomic E-state index is 12.3. The Labute approximate surface area is 126 Å². The van der Waals surface area contributed by atoms with Gasteiger partial charge in [0.2, 0.25) is 15.9 Å². The van der Waals surface area contributed by atoms with Crippen molar-refractivity contribution in [1.29, 1.82) is 0 Å². The molecule has 1 amide bonds. The predicted octanol–water partition coefficient (Wildman–Crippen LogP) is 2.45. The average molecular weight is 310 g/mol. The fraction of sp³-hybridized carbons (Fsp3) is 0.533. The highest BCUT2D eigenvalue weighted by Crippen LogP contribution is 2.28. The lowest BCUT2D eigenvalue weighted by molar-refractivity contribution is -0.122. The standard InChI is InChI=1S/C15H22N2O3S/c1-11(2)17(3)21(19,20)14-9-7-13(8-10-14)16-15(18)12-5-4-6-12/h7-12H,4-6H2,1-3H3,(H,16,18). The van der Waals surface area contributed by atoms with Crippen LogP contribution in [0.25, 0.3) is 0 Å². The van der Waals surface area contributed by atoms with Gasteiger partial charge in [-0.1, -0.05) is 6.42 Å². The first-order valence-electron chi connectivity index (χ1n) is 7.21. The summed E-state index contributed by atoms with van der Waals surface area (Å²) >= 11 is 0. The number of hydrogen-bond donors (Lipinski definition) is 1. The molecule has 116 valence electrons. The van der Waals surface area contributed by atoms with Gasteiger partial charge in [0.25, 0.3) is 0 Å². The SMILES string of the molecule is CC(C)N(C)S(=O)(=O)c1ccc(NC(=O)C2CCC2)cc1. The van der Waals surface area contributed by atoms with E-state index in [1.165, 1.54) is 16.4 Å². The van der Waals surface area contributed by atoms with Gasteiger partial charge in [-0.2, -0.15) is 4.31 Å². The maximum Gasteiger partial charge on any atom is 0.243 e. The molecular formula is C15H22N2O3S. The van der Waals surface area contributed by atoms with Gasteiger partial charge < -0.3 is 5.32 Å². The Bertz CT molecular complexity index is 604. The molecule has 0 aromatic heterocycles. The molecular weight excluding hydrogens is 288 g/mol. The molecule has 0 atom stereocenters. The summed E-state index contributed by atoms with van der Waals surface area (Å²) in [4.78, 5) is 12.1. The summed E-state index contributed by atoms with van der Waals surface area (Å²) in [5.74, 6) is 0.136. The van der Waals surface area contributed by atoms with Crippen LogP contribution < -0.4 is 5.32 Å². The fourth-order valence-corrected chi connectivity index (χ4v) is 3.44. The van der Waals surface area contributed by atoms with E-state index in [-0.39, 0.29) is 22.8 Å². The van der Waals surface area contributed by atoms with Crippen LogP contribution in [0.2, 0.25) is 0 Å². The minimum Gasteiger partial charge on any atom is -0.326 e. The average Bonchev–Trinajstić information content (AvgIpc) is 2.36. The topological polar surface area (TPSA) is 66.5 Å². The molecule has 1 saturated carbocycles. The Morgan fingerprint density at radius 2 is 1.81 bits per heavy atom. The van der Waals surface area contributed by atoms with E-state index in [4.69, 9.17) is 0 Å². The Morgan fingerprint density at radius 3 is 2.24 bits per heavy atom. The van der Waals surface area contributed by atoms with Gasteiger partial charge in [0.15, 0.2) is 0 Å². The lowest BCUT2D eigenvalue weighted by Gasteiger charge is -2.24. The number of rotatable bonds is 5. The minimum absolute atomic E-state index is 0.0242. The molecule has 6 heteroatoms. The van der Waals surface area contributed by atoms with Crippen LogP contribution in [0.15, 0.2) is 29.2 Å². The minimum atomic E-state index is -3.47. The Hall–Kier alpha value is -1.40. The molecule has 1 aromatic carbocycles. The van der Waals surface area contributed by atoms with Crippen molar-refractivity contribution < 1.29 is 13.2 Å². The molecule has 0 heterocycles. The van der Waals surface area contributed by atoms with Crippen molar-refractivity contribution in [3.63, 3.8) is 0 Å². The number of anilines is 1. The van der Waals surface area contributed by atoms with Crippen LogP contribution in [0.1, 0.15) is 33.1 Å². The van der Waals surface area contributed by atoms with Gasteiger partial charge in [0.1, 0.15) is 0 Å². The van der Waals surface area contributed by atoms with Crippen LogP contribution >= 0.6 is 0 Å². The van der Waals surface area contributed by atoms with Crippen molar-refractivity contribution in [3.8, 4) is 0 Å². The van der Waals surface area contributed by atoms with E-state index in [9.17, 15) is 13.2 Å². The summed E-state index contributed by atoms with van der Waals surface area (Å²) in [5.41, 5.74) is 0.637. The maximum absolute atomic E-state index is 12.3. The van der Waals surface area contributed by atoms with Crippen LogP contribution in [-0.2, 0) is 14.8 Å². The monoisotopic (exact) mass is 310 g/mol. The van der Waals surface area contributed by atoms with Gasteiger partial charge in [-0.05, 0) is 51.0 Å². The molecule has 0 aliphatic heterocycles. The van der Waals surface area contributed by atoms with E-state index in [2.05, 4.69) is 5.32 Å². The second-order valence-electron chi connectivity index (χ2n) is 5.76. The highest BCUT2D eigenvalue weighted by Gasteiger charge is 2.26. The number of carbonyl (C=O) groups excluding carboxylic acids is 1. The molecule has 1 N–H and O–H groups in total. The third-order valence-corrected chi connectivity index (χ3v) is 6.05. The van der Waals surface area contributed by atoms with Crippen molar-refractivity contribution in [2.24, 2.45) is 5.92 Å². The first-order chi connectivity index (χ1) is 9.82. The first kappa shape index (κ1) is 16.0. The molecule has 1 aromatic rings. The lowest BCUT2D eigenvalue weighted by atomic mass is 9.85. The first-order valence-corrected chi connectivity index (χ1v) is 8.65. The van der Waals surface area contributed by atoms with E-state index >= 15 is 0 Å². The molecule has 0 saturated heterocycles. The summed E-state index contributed by atoms with van der Waals surface area (Å²) in [6, 6.07) is 6.23. The summed E-state index contributed by atoms with van der Waals surface area (Å²) in [6.45, 7) is 3.65. The lowest BCUT2D eigenvalue weighted by Crippen LogP contribution is -2.33. The zero-order valence-corrected chi connectivity index (χ0v) is 13.5. The molecule has 2 rings (SSSR count). The van der Waals surface area contributed by atoms with Crippen LogP contribution in [0.4, 0.5) is 5.69 Å². The molecule has 0 unspecified atom stereocenters. The van der Waals surface area contributed by atoms with E-state index in [1.807, 2.05) is 13.8 Å². The molecule has 1 aliphatic rings. The normalized spacial score (nSPS) is 16.0. The third kappa shape index (κ3) is 3.44. The van der Waals surface area contributed by atoms with Gasteiger partial charge in [0.05, 0.1) is 4.90 Å². The molecule has 1 fully saturated rings. The summed E-state index contributed by atoms with van der Waals surface area (Å²) in [6.07, 6.45) is 2.99. The summed E-state index contributed by atoms with van der Waals surface area (Å²) < 4.78 is 25.9. The number of nitrogens with one attached hydrogen (secondary N) is 1. The predicted molar refractivity (Wildman–Crippen MR) is 82.5 cm³/mol. The van der Waals surface area contributed by atoms with E-state index < -0.39 is 10.0 Å². The molecule has 0 bridgehead atoms. The van der Waals surface area contributed by atoms with E-state index in [0.29, 0.717) is 5.69 Å². The van der Waals surface area contributed by atoms with Crippen molar-refractivity contribution in [2.45, 2.75) is 44.0 Å². The van der Waals surface area contributed by atoms with Crippen molar-refractivity contribution in [2.75, 3.05) is 12.4 Å². The van der Waals surface area contributed by atoms with Crippen molar-refractivity contribution in [1.82, 2.24) is 4.31 Å². The van der Waals surface area contributed by atoms with Crippen molar-refractivity contribution >= 4 is 21.6 Å². The molecule has 1 aliphatic carbocycles. The summed E-state index contributed by atoms with van der Waals surface area (Å²) in [5, 5.41) is 2.83. The van der Waals surface area contributed by atoms with Gasteiger partial charge in [-0.15, -0.1) is 0 Å². The zero-order chi connectivity index (χ0) is 15.6. The smallest absolute Gasteiger partial charge is 0.243 e. The summed E-state index contributed by atoms with van der Waals surface area (Å²) in [7, 11) is -1.91. The Balaban J connectivity index is 2.09. The number of sulfonamides is 1. The highest BCUT2D eigenvalue weighted by molar-refractivity contribution is 7.89. The number of hydrogen-bond acceptors (Lipinski definition) is 3. The second kappa shape index (κ2) is 6.15. The van der Waals surface area contributed by atoms with Crippen LogP contribution in [-0.4, -0.2) is 31.7 Å². The molecule has 0 radical (unpaired) electrons. The quantitative estimate of drug-likeness (QED) is 0.908. The number of carbonyl (C=O) groups is 1. The van der Waals surface area contributed by atoms with Crippen LogP contribution in [0, 0.1) is 5.92 Å². The van der Waals surface area contributed by atoms with Crippen LogP contribution in [0.3, 0.4) is 0 Å². The van der Waals surface area contributed by atoms with Gasteiger partial charge >= 0.3 is 0 Å². The van der Waals surface area contributed by atoms with E-state index in [0.717, 1.165) is 19.3 Å². The molecule has 5 nitrogen and oxygen atoms in total. The molecule has 0 spiro atoms. The van der Waals surface area contributed by atoms with Crippen molar-refractivity contribution in [3.05, 3.63) is 24.3 Å². The largest absolute Gasteiger partial charge is 0.326 e. The highest BCUT2D eigenvalue weighted by atomic mass is 32.2. The van der Waals surface area contributed by atoms with Gasteiger partial charge in [-0.25, -0.2) is 8.42 Å². The molecule has 21 heavy (non-hydrogen) atoms. The Morgan fingerprint density at radius 1 is 1.24 bits per heavy atom. The fourth-order valence-electron chi connectivity index (χ4n) is 2.07.